The van der Waals surface area contributed by atoms with Gasteiger partial charge in [0.1, 0.15) is 12.8 Å². The van der Waals surface area contributed by atoms with Gasteiger partial charge in [0.05, 0.1) is 12.0 Å². The average Bonchev–Trinajstić information content (AvgIpc) is 3.11. The number of Topliss-reactive ketones (excluding diaryl/α,β-unsaturated/α-hetero) is 1. The van der Waals surface area contributed by atoms with Crippen molar-refractivity contribution in [3.05, 3.63) is 84.1 Å². The van der Waals surface area contributed by atoms with Crippen molar-refractivity contribution in [2.24, 2.45) is 5.73 Å². The predicted molar refractivity (Wildman–Crippen MR) is 112 cm³/mol. The summed E-state index contributed by atoms with van der Waals surface area (Å²) < 4.78 is 39.4. The van der Waals surface area contributed by atoms with Crippen molar-refractivity contribution >= 4 is 17.8 Å². The maximum absolute atomic E-state index is 14.5. The summed E-state index contributed by atoms with van der Waals surface area (Å²) in [5.74, 6) is -4.68. The number of amides is 2. The Bertz CT molecular complexity index is 1080. The smallest absolute Gasteiger partial charge is 0.338 e. The molecule has 4 rings (SSSR count). The zero-order valence-corrected chi connectivity index (χ0v) is 17.3. The summed E-state index contributed by atoms with van der Waals surface area (Å²) >= 11 is 0. The van der Waals surface area contributed by atoms with Crippen molar-refractivity contribution in [1.82, 2.24) is 10.2 Å². The highest BCUT2D eigenvalue weighted by molar-refractivity contribution is 6.06. The van der Waals surface area contributed by atoms with Gasteiger partial charge >= 0.3 is 12.0 Å². The van der Waals surface area contributed by atoms with E-state index in [-0.39, 0.29) is 11.1 Å². The Balaban J connectivity index is 1.42. The maximum Gasteiger partial charge on any atom is 0.338 e. The number of ether oxygens (including phenoxy) is 2. The summed E-state index contributed by atoms with van der Waals surface area (Å²) in [4.78, 5) is 38.3. The van der Waals surface area contributed by atoms with Crippen LogP contribution < -0.4 is 11.1 Å². The van der Waals surface area contributed by atoms with Gasteiger partial charge in [-0.1, -0.05) is 48.5 Å². The van der Waals surface area contributed by atoms with Gasteiger partial charge in [0.25, 0.3) is 5.92 Å². The number of nitrogens with one attached hydrogen (secondary N) is 1. The van der Waals surface area contributed by atoms with E-state index in [9.17, 15) is 23.2 Å². The van der Waals surface area contributed by atoms with Crippen LogP contribution in [0.1, 0.15) is 27.1 Å². The number of carbonyl (C=O) groups excluding carboxylic acids is 3. The zero-order valence-electron chi connectivity index (χ0n) is 17.3. The number of urea groups is 1. The van der Waals surface area contributed by atoms with E-state index in [0.29, 0.717) is 0 Å². The predicted octanol–water partition coefficient (Wildman–Crippen LogP) is 2.67. The number of carbonyl (C=O) groups is 3. The third-order valence-corrected chi connectivity index (χ3v) is 5.38. The highest BCUT2D eigenvalue weighted by atomic mass is 19.3. The first kappa shape index (κ1) is 22.6. The second-order valence-electron chi connectivity index (χ2n) is 7.73. The molecule has 1 unspecified atom stereocenters. The average molecular weight is 457 g/mol. The molecule has 0 aliphatic carbocycles. The first-order valence-corrected chi connectivity index (χ1v) is 10.1. The first-order chi connectivity index (χ1) is 15.7. The van der Waals surface area contributed by atoms with Gasteiger partial charge in [0.15, 0.2) is 11.8 Å². The molecule has 0 saturated carbocycles. The molecule has 2 aliphatic rings. The molecule has 2 aromatic rings. The summed E-state index contributed by atoms with van der Waals surface area (Å²) in [7, 11) is 0. The van der Waals surface area contributed by atoms with Gasteiger partial charge in [-0.3, -0.25) is 15.4 Å². The van der Waals surface area contributed by atoms with E-state index in [2.05, 4.69) is 5.32 Å². The zero-order chi connectivity index (χ0) is 23.6. The number of rotatable bonds is 6. The van der Waals surface area contributed by atoms with Gasteiger partial charge in [-0.25, -0.2) is 18.4 Å². The lowest BCUT2D eigenvalue weighted by atomic mass is 9.97. The number of ketones is 1. The second-order valence-corrected chi connectivity index (χ2v) is 7.73. The van der Waals surface area contributed by atoms with E-state index in [1.165, 1.54) is 18.2 Å². The Kier molecular flexibility index (Phi) is 5.96. The molecule has 0 radical (unpaired) electrons. The number of alkyl halides is 2. The van der Waals surface area contributed by atoms with Crippen LogP contribution in [0.3, 0.4) is 0 Å². The molecule has 33 heavy (non-hydrogen) atoms. The molecule has 3 atom stereocenters. The monoisotopic (exact) mass is 457 g/mol. The molecule has 1 fully saturated rings. The minimum absolute atomic E-state index is 0.219. The van der Waals surface area contributed by atoms with Gasteiger partial charge in [-0.15, -0.1) is 0 Å². The lowest BCUT2D eigenvalue weighted by Crippen LogP contribution is -2.65. The SMILES string of the molecule is NC1(C(=O)c2ccccc2)C=CN([C@H]2CC(F)(F)[C@H](COC(=O)c3ccccc3)O2)C(=O)N1. The van der Waals surface area contributed by atoms with Crippen LogP contribution in [-0.4, -0.2) is 53.2 Å². The number of hydrogen-bond donors (Lipinski definition) is 2. The van der Waals surface area contributed by atoms with Gasteiger partial charge in [-0.2, -0.15) is 0 Å². The topological polar surface area (TPSA) is 111 Å². The molecule has 8 nitrogen and oxygen atoms in total. The molecule has 172 valence electrons. The van der Waals surface area contributed by atoms with Crippen molar-refractivity contribution in [3.8, 4) is 0 Å². The number of halogens is 2. The molecule has 3 N–H and O–H groups in total. The summed E-state index contributed by atoms with van der Waals surface area (Å²) in [6, 6.07) is 15.2. The second kappa shape index (κ2) is 8.72. The van der Waals surface area contributed by atoms with E-state index < -0.39 is 54.7 Å². The number of hydrogen-bond acceptors (Lipinski definition) is 6. The van der Waals surface area contributed by atoms with Crippen molar-refractivity contribution in [3.63, 3.8) is 0 Å². The van der Waals surface area contributed by atoms with Crippen LogP contribution >= 0.6 is 0 Å². The van der Waals surface area contributed by atoms with Gasteiger partial charge in [-0.05, 0) is 18.2 Å². The van der Waals surface area contributed by atoms with Crippen LogP contribution in [0.5, 0.6) is 0 Å². The lowest BCUT2D eigenvalue weighted by Gasteiger charge is -2.35. The minimum atomic E-state index is -3.35. The fourth-order valence-electron chi connectivity index (χ4n) is 3.57. The molecule has 10 heteroatoms. The van der Waals surface area contributed by atoms with Gasteiger partial charge in [0.2, 0.25) is 5.78 Å². The number of nitrogens with zero attached hydrogens (tertiary/aromatic N) is 1. The lowest BCUT2D eigenvalue weighted by molar-refractivity contribution is -0.107. The van der Waals surface area contributed by atoms with E-state index in [1.807, 2.05) is 0 Å². The first-order valence-electron chi connectivity index (χ1n) is 10.1. The van der Waals surface area contributed by atoms with Crippen molar-refractivity contribution in [2.75, 3.05) is 6.61 Å². The largest absolute Gasteiger partial charge is 0.459 e. The molecule has 2 heterocycles. The minimum Gasteiger partial charge on any atom is -0.459 e. The Morgan fingerprint density at radius 3 is 2.30 bits per heavy atom. The summed E-state index contributed by atoms with van der Waals surface area (Å²) in [6.07, 6.45) is -1.53. The molecular formula is C23H21F2N3O5. The Morgan fingerprint density at radius 2 is 1.70 bits per heavy atom. The fourth-order valence-corrected chi connectivity index (χ4v) is 3.57. The molecule has 0 spiro atoms. The van der Waals surface area contributed by atoms with Crippen molar-refractivity contribution in [1.29, 1.82) is 0 Å². The normalized spacial score (nSPS) is 26.0. The highest BCUT2D eigenvalue weighted by Gasteiger charge is 2.54. The van der Waals surface area contributed by atoms with Crippen molar-refractivity contribution < 1.29 is 32.6 Å². The van der Waals surface area contributed by atoms with Gasteiger partial charge < -0.3 is 14.8 Å². The molecule has 2 amide bonds. The van der Waals surface area contributed by atoms with Crippen LogP contribution in [0, 0.1) is 0 Å². The maximum atomic E-state index is 14.5. The molecule has 1 saturated heterocycles. The van der Waals surface area contributed by atoms with Crippen LogP contribution in [0.25, 0.3) is 0 Å². The summed E-state index contributed by atoms with van der Waals surface area (Å²) in [5.41, 5.74) is 4.73. The standard InChI is InChI=1S/C23H21F2N3O5/c24-22(25)13-18(33-17(22)14-32-20(30)16-9-5-2-6-10-16)28-12-11-23(26,27-21(28)31)19(29)15-7-3-1-4-8-15/h1-12,17-18H,13-14,26H2,(H,27,31)/t17-,18+,23?/m0/s1. The Morgan fingerprint density at radius 1 is 1.09 bits per heavy atom. The van der Waals surface area contributed by atoms with Crippen LogP contribution in [0.15, 0.2) is 72.9 Å². The highest BCUT2D eigenvalue weighted by Crippen LogP contribution is 2.38. The Hall–Kier alpha value is -3.63. The third-order valence-electron chi connectivity index (χ3n) is 5.38. The fraction of sp³-hybridized carbons (Fsp3) is 0.261. The van der Waals surface area contributed by atoms with Gasteiger partial charge in [0, 0.05) is 11.8 Å². The van der Waals surface area contributed by atoms with E-state index >= 15 is 0 Å². The number of benzene rings is 2. The molecule has 0 aromatic heterocycles. The van der Waals surface area contributed by atoms with Crippen LogP contribution in [0.4, 0.5) is 13.6 Å². The molecule has 2 aliphatic heterocycles. The molecule has 0 bridgehead atoms. The third kappa shape index (κ3) is 4.62. The molecule has 2 aromatic carbocycles. The van der Waals surface area contributed by atoms with E-state index in [0.717, 1.165) is 11.1 Å². The Labute approximate surface area is 187 Å². The van der Waals surface area contributed by atoms with Crippen LogP contribution in [0.2, 0.25) is 0 Å². The van der Waals surface area contributed by atoms with Crippen LogP contribution in [-0.2, 0) is 9.47 Å². The van der Waals surface area contributed by atoms with Crippen molar-refractivity contribution in [2.45, 2.75) is 30.3 Å². The number of esters is 1. The number of nitrogens with two attached hydrogens (primary N) is 1. The summed E-state index contributed by atoms with van der Waals surface area (Å²) in [6.45, 7) is -0.691. The summed E-state index contributed by atoms with van der Waals surface area (Å²) in [5, 5.41) is 2.35. The molecular weight excluding hydrogens is 436 g/mol. The quantitative estimate of drug-likeness (QED) is 0.510. The van der Waals surface area contributed by atoms with E-state index in [4.69, 9.17) is 15.2 Å². The van der Waals surface area contributed by atoms with E-state index in [1.54, 1.807) is 48.5 Å².